The molecule has 0 saturated heterocycles. The number of hydrogen-bond donors (Lipinski definition) is 2. The lowest BCUT2D eigenvalue weighted by Gasteiger charge is -2.12. The molecule has 0 fully saturated rings. The number of rotatable bonds is 3. The Balaban J connectivity index is 2.06. The third kappa shape index (κ3) is 2.33. The minimum absolute atomic E-state index is 0.251. The maximum atomic E-state index is 11.0. The average Bonchev–Trinajstić information content (AvgIpc) is 2.90. The highest BCUT2D eigenvalue weighted by molar-refractivity contribution is 5.98. The van der Waals surface area contributed by atoms with Gasteiger partial charge in [-0.05, 0) is 30.3 Å². The molecule has 2 N–H and O–H groups in total. The van der Waals surface area contributed by atoms with E-state index in [4.69, 9.17) is 5.11 Å². The fourth-order valence-corrected chi connectivity index (χ4v) is 2.29. The van der Waals surface area contributed by atoms with E-state index in [0.717, 1.165) is 27.8 Å². The quantitative estimate of drug-likeness (QED) is 0.774. The molecule has 5 heteroatoms. The second kappa shape index (κ2) is 4.94. The van der Waals surface area contributed by atoms with Crippen molar-refractivity contribution >= 4 is 22.6 Å². The third-order valence-corrected chi connectivity index (χ3v) is 3.47. The highest BCUT2D eigenvalue weighted by Crippen LogP contribution is 2.28. The molecule has 1 aromatic heterocycles. The number of carboxylic acids is 1. The first-order chi connectivity index (χ1) is 10.1. The molecule has 21 heavy (non-hydrogen) atoms. The fourth-order valence-electron chi connectivity index (χ4n) is 2.29. The van der Waals surface area contributed by atoms with Crippen LogP contribution in [0.1, 0.15) is 10.4 Å². The summed E-state index contributed by atoms with van der Waals surface area (Å²) in [5.41, 5.74) is 3.91. The zero-order valence-electron chi connectivity index (χ0n) is 11.8. The standard InChI is InChI=1S/C16H15N3O2/c1-19(2)12-6-3-10(4-7-12)15-13-8-5-11(16(20)21)9-14(13)17-18-15/h3-9H,1-2H3,(H,17,18)(H,20,21). The van der Waals surface area contributed by atoms with Crippen LogP contribution < -0.4 is 4.90 Å². The van der Waals surface area contributed by atoms with Gasteiger partial charge >= 0.3 is 5.97 Å². The predicted octanol–water partition coefficient (Wildman–Crippen LogP) is 2.99. The number of carboxylic acid groups (broad SMARTS) is 1. The van der Waals surface area contributed by atoms with Crippen LogP contribution in [0.15, 0.2) is 42.5 Å². The summed E-state index contributed by atoms with van der Waals surface area (Å²) in [7, 11) is 3.98. The number of hydrogen-bond acceptors (Lipinski definition) is 3. The molecule has 1 heterocycles. The van der Waals surface area contributed by atoms with Crippen LogP contribution in [0, 0.1) is 0 Å². The summed E-state index contributed by atoms with van der Waals surface area (Å²) in [6, 6.07) is 13.1. The van der Waals surface area contributed by atoms with Crippen LogP contribution in [-0.4, -0.2) is 35.4 Å². The van der Waals surface area contributed by atoms with E-state index in [0.29, 0.717) is 0 Å². The molecular formula is C16H15N3O2. The Morgan fingerprint density at radius 2 is 1.86 bits per heavy atom. The zero-order valence-corrected chi connectivity index (χ0v) is 11.8. The van der Waals surface area contributed by atoms with Gasteiger partial charge in [0.25, 0.3) is 0 Å². The number of nitrogens with one attached hydrogen (secondary N) is 1. The Morgan fingerprint density at radius 3 is 2.48 bits per heavy atom. The molecule has 3 aromatic rings. The molecule has 3 rings (SSSR count). The third-order valence-electron chi connectivity index (χ3n) is 3.47. The number of benzene rings is 2. The lowest BCUT2D eigenvalue weighted by molar-refractivity contribution is 0.0697. The molecular weight excluding hydrogens is 266 g/mol. The number of aromatic nitrogens is 2. The van der Waals surface area contributed by atoms with Crippen molar-refractivity contribution in [3.8, 4) is 11.3 Å². The lowest BCUT2D eigenvalue weighted by Crippen LogP contribution is -2.07. The van der Waals surface area contributed by atoms with Crippen molar-refractivity contribution in [1.82, 2.24) is 10.2 Å². The van der Waals surface area contributed by atoms with Gasteiger partial charge < -0.3 is 10.0 Å². The molecule has 5 nitrogen and oxygen atoms in total. The molecule has 0 unspecified atom stereocenters. The Morgan fingerprint density at radius 1 is 1.14 bits per heavy atom. The van der Waals surface area contributed by atoms with Crippen LogP contribution in [0.3, 0.4) is 0 Å². The summed E-state index contributed by atoms with van der Waals surface area (Å²) in [6.45, 7) is 0. The van der Waals surface area contributed by atoms with Gasteiger partial charge in [-0.1, -0.05) is 12.1 Å². The normalized spacial score (nSPS) is 10.8. The van der Waals surface area contributed by atoms with E-state index in [2.05, 4.69) is 10.2 Å². The van der Waals surface area contributed by atoms with Crippen molar-refractivity contribution in [2.75, 3.05) is 19.0 Å². The Labute approximate surface area is 121 Å². The van der Waals surface area contributed by atoms with Gasteiger partial charge in [-0.2, -0.15) is 5.10 Å². The SMILES string of the molecule is CN(C)c1ccc(-c2n[nH]c3cc(C(=O)O)ccc23)cc1. The molecule has 0 amide bonds. The summed E-state index contributed by atoms with van der Waals surface area (Å²) in [4.78, 5) is 13.0. The lowest BCUT2D eigenvalue weighted by atomic mass is 10.1. The topological polar surface area (TPSA) is 69.2 Å². The minimum Gasteiger partial charge on any atom is -0.478 e. The summed E-state index contributed by atoms with van der Waals surface area (Å²) in [5.74, 6) is -0.941. The molecule has 0 radical (unpaired) electrons. The highest BCUT2D eigenvalue weighted by Gasteiger charge is 2.11. The van der Waals surface area contributed by atoms with Crippen molar-refractivity contribution in [3.63, 3.8) is 0 Å². The second-order valence-electron chi connectivity index (χ2n) is 5.08. The molecule has 0 spiro atoms. The molecule has 106 valence electrons. The Bertz CT molecular complexity index is 804. The molecule has 0 aliphatic carbocycles. The fraction of sp³-hybridized carbons (Fsp3) is 0.125. The van der Waals surface area contributed by atoms with Gasteiger partial charge in [0, 0.05) is 30.7 Å². The van der Waals surface area contributed by atoms with Gasteiger partial charge in [-0.25, -0.2) is 4.79 Å². The first-order valence-electron chi connectivity index (χ1n) is 6.55. The Kier molecular flexibility index (Phi) is 3.10. The van der Waals surface area contributed by atoms with Gasteiger partial charge in [0.2, 0.25) is 0 Å². The van der Waals surface area contributed by atoms with Crippen LogP contribution in [0.2, 0.25) is 0 Å². The number of H-pyrrole nitrogens is 1. The summed E-state index contributed by atoms with van der Waals surface area (Å²) in [6.07, 6.45) is 0. The van der Waals surface area contributed by atoms with Gasteiger partial charge in [0.05, 0.1) is 16.8 Å². The smallest absolute Gasteiger partial charge is 0.335 e. The first kappa shape index (κ1) is 13.2. The van der Waals surface area contributed by atoms with Crippen LogP contribution in [0.25, 0.3) is 22.2 Å². The van der Waals surface area contributed by atoms with Crippen molar-refractivity contribution in [2.45, 2.75) is 0 Å². The number of carbonyl (C=O) groups is 1. The van der Waals surface area contributed by atoms with E-state index in [9.17, 15) is 4.79 Å². The summed E-state index contributed by atoms with van der Waals surface area (Å²) >= 11 is 0. The Hall–Kier alpha value is -2.82. The summed E-state index contributed by atoms with van der Waals surface area (Å²) < 4.78 is 0. The van der Waals surface area contributed by atoms with E-state index in [1.807, 2.05) is 43.3 Å². The maximum absolute atomic E-state index is 11.0. The first-order valence-corrected chi connectivity index (χ1v) is 6.55. The monoisotopic (exact) mass is 281 g/mol. The van der Waals surface area contributed by atoms with E-state index < -0.39 is 5.97 Å². The van der Waals surface area contributed by atoms with Crippen LogP contribution in [0.5, 0.6) is 0 Å². The number of aromatic amines is 1. The zero-order chi connectivity index (χ0) is 15.0. The molecule has 0 atom stereocenters. The van der Waals surface area contributed by atoms with Crippen molar-refractivity contribution in [3.05, 3.63) is 48.0 Å². The molecule has 2 aromatic carbocycles. The van der Waals surface area contributed by atoms with Crippen molar-refractivity contribution in [1.29, 1.82) is 0 Å². The molecule has 0 bridgehead atoms. The number of anilines is 1. The molecule has 0 aliphatic heterocycles. The van der Waals surface area contributed by atoms with E-state index in [1.165, 1.54) is 0 Å². The largest absolute Gasteiger partial charge is 0.478 e. The van der Waals surface area contributed by atoms with Gasteiger partial charge in [0.1, 0.15) is 0 Å². The number of fused-ring (bicyclic) bond motifs is 1. The average molecular weight is 281 g/mol. The number of aromatic carboxylic acids is 1. The van der Waals surface area contributed by atoms with Crippen LogP contribution in [0.4, 0.5) is 5.69 Å². The van der Waals surface area contributed by atoms with Crippen molar-refractivity contribution < 1.29 is 9.90 Å². The minimum atomic E-state index is -0.941. The molecule has 0 aliphatic rings. The van der Waals surface area contributed by atoms with Gasteiger partial charge in [-0.3, -0.25) is 5.10 Å². The van der Waals surface area contributed by atoms with E-state index in [-0.39, 0.29) is 5.56 Å². The molecule has 0 saturated carbocycles. The number of nitrogens with zero attached hydrogens (tertiary/aromatic N) is 2. The maximum Gasteiger partial charge on any atom is 0.335 e. The van der Waals surface area contributed by atoms with Crippen LogP contribution in [-0.2, 0) is 0 Å². The van der Waals surface area contributed by atoms with Crippen molar-refractivity contribution in [2.24, 2.45) is 0 Å². The predicted molar refractivity (Wildman–Crippen MR) is 82.8 cm³/mol. The van der Waals surface area contributed by atoms with E-state index in [1.54, 1.807) is 18.2 Å². The second-order valence-corrected chi connectivity index (χ2v) is 5.08. The van der Waals surface area contributed by atoms with Gasteiger partial charge in [-0.15, -0.1) is 0 Å². The highest BCUT2D eigenvalue weighted by atomic mass is 16.4. The van der Waals surface area contributed by atoms with E-state index >= 15 is 0 Å². The van der Waals surface area contributed by atoms with Gasteiger partial charge in [0.15, 0.2) is 0 Å². The van der Waals surface area contributed by atoms with Crippen LogP contribution >= 0.6 is 0 Å². The summed E-state index contributed by atoms with van der Waals surface area (Å²) in [5, 5.41) is 17.1.